The number of hydrogen-bond acceptors (Lipinski definition) is 7. The summed E-state index contributed by atoms with van der Waals surface area (Å²) in [5.74, 6) is -0.412. The average molecular weight is 653 g/mol. The fourth-order valence-corrected chi connectivity index (χ4v) is 7.26. The lowest BCUT2D eigenvalue weighted by atomic mass is 9.83. The van der Waals surface area contributed by atoms with Crippen molar-refractivity contribution in [1.82, 2.24) is 20.5 Å². The molecular formula is C36H52N4O5S. The third-order valence-electron chi connectivity index (χ3n) is 9.10. The zero-order valence-electron chi connectivity index (χ0n) is 27.3. The van der Waals surface area contributed by atoms with Crippen LogP contribution in [-0.2, 0) is 25.5 Å². The molecule has 2 aromatic rings. The number of morpholine rings is 1. The van der Waals surface area contributed by atoms with E-state index in [1.165, 1.54) is 31.0 Å². The predicted molar refractivity (Wildman–Crippen MR) is 181 cm³/mol. The highest BCUT2D eigenvalue weighted by Gasteiger charge is 2.32. The molecule has 1 aliphatic carbocycles. The molecule has 1 saturated carbocycles. The first-order valence-electron chi connectivity index (χ1n) is 17.1. The minimum absolute atomic E-state index is 0.0661. The Morgan fingerprint density at radius 3 is 2.43 bits per heavy atom. The highest BCUT2D eigenvalue weighted by atomic mass is 32.2. The number of hydrogen-bond donors (Lipinski definition) is 3. The molecule has 2 aliphatic rings. The van der Waals surface area contributed by atoms with Crippen molar-refractivity contribution in [3.05, 3.63) is 60.3 Å². The number of ether oxygens (including phenoxy) is 1. The van der Waals surface area contributed by atoms with Gasteiger partial charge < -0.3 is 25.4 Å². The van der Waals surface area contributed by atoms with E-state index in [4.69, 9.17) is 4.74 Å². The number of thioether (sulfide) groups is 1. The van der Waals surface area contributed by atoms with Gasteiger partial charge in [0.1, 0.15) is 6.04 Å². The molecule has 0 bridgehead atoms. The number of nitrogens with zero attached hydrogens (tertiary/aromatic N) is 2. The largest absolute Gasteiger partial charge is 0.390 e. The lowest BCUT2D eigenvalue weighted by Gasteiger charge is -2.32. The van der Waals surface area contributed by atoms with Crippen LogP contribution in [0.4, 0.5) is 0 Å². The zero-order chi connectivity index (χ0) is 32.6. The Bertz CT molecular complexity index is 1190. The summed E-state index contributed by atoms with van der Waals surface area (Å²) in [5, 5.41) is 18.4. The molecule has 3 N–H and O–H groups in total. The minimum Gasteiger partial charge on any atom is -0.390 e. The second kappa shape index (κ2) is 19.7. The standard InChI is InChI=1S/C36H52N4O5S/c1-2-3-16-30(38-35(43)29(23-27-12-6-4-7-13-27)25-34(42)40-19-21-45-22-20-40)36(44)39-31(24-28-14-8-5-9-15-28)32(41)26-46-33-17-10-11-18-37-33/h4,6-7,10-13,17-18,28-32,41H,2-3,5,8-9,14-16,19-26H2,1H3,(H,38,43)(H,39,44)/t29?,30-,31-,32+/m0/s1. The van der Waals surface area contributed by atoms with Gasteiger partial charge in [0.15, 0.2) is 0 Å². The number of nitrogens with one attached hydrogen (secondary N) is 2. The number of aromatic nitrogens is 1. The topological polar surface area (TPSA) is 121 Å². The number of pyridine rings is 1. The van der Waals surface area contributed by atoms with Crippen LogP contribution in [-0.4, -0.2) is 83.0 Å². The van der Waals surface area contributed by atoms with Gasteiger partial charge >= 0.3 is 0 Å². The second-order valence-electron chi connectivity index (χ2n) is 12.7. The lowest BCUT2D eigenvalue weighted by Crippen LogP contribution is -2.54. The quantitative estimate of drug-likeness (QED) is 0.211. The molecule has 46 heavy (non-hydrogen) atoms. The van der Waals surface area contributed by atoms with Crippen LogP contribution in [0.5, 0.6) is 0 Å². The number of aliphatic hydroxyl groups is 1. The Labute approximate surface area is 278 Å². The maximum absolute atomic E-state index is 13.9. The van der Waals surface area contributed by atoms with E-state index >= 15 is 0 Å². The van der Waals surface area contributed by atoms with Gasteiger partial charge in [-0.2, -0.15) is 0 Å². The summed E-state index contributed by atoms with van der Waals surface area (Å²) in [6, 6.07) is 14.2. The van der Waals surface area contributed by atoms with E-state index in [1.807, 2.05) is 48.5 Å². The number of rotatable bonds is 17. The molecule has 9 nitrogen and oxygen atoms in total. The van der Waals surface area contributed by atoms with Crippen LogP contribution in [0.3, 0.4) is 0 Å². The molecule has 252 valence electrons. The van der Waals surface area contributed by atoms with Crippen molar-refractivity contribution in [3.63, 3.8) is 0 Å². The molecule has 1 saturated heterocycles. The summed E-state index contributed by atoms with van der Waals surface area (Å²) in [5.41, 5.74) is 0.966. The fraction of sp³-hybridized carbons (Fsp3) is 0.611. The van der Waals surface area contributed by atoms with Gasteiger partial charge in [-0.25, -0.2) is 4.98 Å². The molecule has 4 atom stereocenters. The van der Waals surface area contributed by atoms with E-state index < -0.39 is 24.1 Å². The van der Waals surface area contributed by atoms with Gasteiger partial charge in [0.2, 0.25) is 17.7 Å². The van der Waals surface area contributed by atoms with Gasteiger partial charge in [0.05, 0.1) is 36.3 Å². The van der Waals surface area contributed by atoms with Crippen LogP contribution in [0.15, 0.2) is 59.8 Å². The van der Waals surface area contributed by atoms with Gasteiger partial charge in [-0.05, 0) is 42.9 Å². The number of carbonyl (C=O) groups excluding carboxylic acids is 3. The smallest absolute Gasteiger partial charge is 0.242 e. The third kappa shape index (κ3) is 12.0. The Morgan fingerprint density at radius 1 is 1.00 bits per heavy atom. The van der Waals surface area contributed by atoms with Crippen LogP contribution in [0.1, 0.15) is 76.7 Å². The Hall–Kier alpha value is -2.95. The summed E-state index contributed by atoms with van der Waals surface area (Å²) in [6.45, 7) is 4.08. The van der Waals surface area contributed by atoms with Crippen molar-refractivity contribution in [1.29, 1.82) is 0 Å². The normalized spacial score (nSPS) is 18.3. The number of carbonyl (C=O) groups is 3. The molecule has 0 radical (unpaired) electrons. The van der Waals surface area contributed by atoms with E-state index in [9.17, 15) is 19.5 Å². The van der Waals surface area contributed by atoms with Crippen LogP contribution in [0.25, 0.3) is 0 Å². The average Bonchev–Trinajstić information content (AvgIpc) is 3.10. The Morgan fingerprint density at radius 2 is 1.74 bits per heavy atom. The van der Waals surface area contributed by atoms with E-state index in [0.717, 1.165) is 36.3 Å². The van der Waals surface area contributed by atoms with Crippen molar-refractivity contribution in [2.75, 3.05) is 32.1 Å². The van der Waals surface area contributed by atoms with E-state index in [0.29, 0.717) is 57.2 Å². The summed E-state index contributed by atoms with van der Waals surface area (Å²) in [6.07, 6.45) is 10.0. The summed E-state index contributed by atoms with van der Waals surface area (Å²) in [4.78, 5) is 47.2. The van der Waals surface area contributed by atoms with Gasteiger partial charge in [-0.1, -0.05) is 88.3 Å². The van der Waals surface area contributed by atoms with Crippen LogP contribution < -0.4 is 10.6 Å². The van der Waals surface area contributed by atoms with Crippen molar-refractivity contribution in [2.24, 2.45) is 11.8 Å². The predicted octanol–water partition coefficient (Wildman–Crippen LogP) is 4.77. The van der Waals surface area contributed by atoms with E-state index in [1.54, 1.807) is 11.1 Å². The van der Waals surface area contributed by atoms with Crippen molar-refractivity contribution < 1.29 is 24.2 Å². The molecular weight excluding hydrogens is 600 g/mol. The molecule has 1 aromatic heterocycles. The van der Waals surface area contributed by atoms with E-state index in [-0.39, 0.29) is 24.1 Å². The molecule has 1 aliphatic heterocycles. The molecule has 1 unspecified atom stereocenters. The zero-order valence-corrected chi connectivity index (χ0v) is 28.1. The maximum Gasteiger partial charge on any atom is 0.242 e. The first kappa shape index (κ1) is 35.9. The monoisotopic (exact) mass is 652 g/mol. The number of aliphatic hydroxyl groups excluding tert-OH is 1. The van der Waals surface area contributed by atoms with Crippen molar-refractivity contribution in [2.45, 2.75) is 101 Å². The van der Waals surface area contributed by atoms with Gasteiger partial charge in [-0.15, -0.1) is 11.8 Å². The lowest BCUT2D eigenvalue weighted by molar-refractivity contribution is -0.140. The van der Waals surface area contributed by atoms with Crippen molar-refractivity contribution >= 4 is 29.5 Å². The molecule has 4 rings (SSSR count). The van der Waals surface area contributed by atoms with E-state index in [2.05, 4.69) is 22.5 Å². The van der Waals surface area contributed by atoms with Gasteiger partial charge in [-0.3, -0.25) is 14.4 Å². The SMILES string of the molecule is CCCC[C@H](NC(=O)C(CC(=O)N1CCOCC1)Cc1ccccc1)C(=O)N[C@@H](CC1CCCCC1)[C@H](O)CSc1ccccn1. The van der Waals surface area contributed by atoms with Crippen LogP contribution in [0, 0.1) is 11.8 Å². The molecule has 0 spiro atoms. The van der Waals surface area contributed by atoms with Crippen LogP contribution in [0.2, 0.25) is 0 Å². The summed E-state index contributed by atoms with van der Waals surface area (Å²) in [7, 11) is 0. The third-order valence-corrected chi connectivity index (χ3v) is 10.1. The first-order valence-corrected chi connectivity index (χ1v) is 18.1. The number of benzene rings is 1. The first-order chi connectivity index (χ1) is 22.4. The van der Waals surface area contributed by atoms with Crippen molar-refractivity contribution in [3.8, 4) is 0 Å². The second-order valence-corrected chi connectivity index (χ2v) is 13.7. The Balaban J connectivity index is 1.46. The Kier molecular flexibility index (Phi) is 15.3. The fourth-order valence-electron chi connectivity index (χ4n) is 6.37. The number of unbranched alkanes of at least 4 members (excludes halogenated alkanes) is 1. The summed E-state index contributed by atoms with van der Waals surface area (Å²) < 4.78 is 5.41. The molecule has 2 heterocycles. The highest BCUT2D eigenvalue weighted by molar-refractivity contribution is 7.99. The molecule has 3 amide bonds. The van der Waals surface area contributed by atoms with Gasteiger partial charge in [0, 0.05) is 31.5 Å². The van der Waals surface area contributed by atoms with Crippen LogP contribution >= 0.6 is 11.8 Å². The highest BCUT2D eigenvalue weighted by Crippen LogP contribution is 2.29. The number of amides is 3. The molecule has 10 heteroatoms. The molecule has 2 fully saturated rings. The summed E-state index contributed by atoms with van der Waals surface area (Å²) >= 11 is 1.48. The maximum atomic E-state index is 13.9. The molecule has 1 aromatic carbocycles. The van der Waals surface area contributed by atoms with Gasteiger partial charge in [0.25, 0.3) is 0 Å². The minimum atomic E-state index is -0.766.